The maximum Gasteiger partial charge on any atom is 0.145 e. The molecule has 0 radical (unpaired) electrons. The van der Waals surface area contributed by atoms with Gasteiger partial charge in [-0.2, -0.15) is 0 Å². The van der Waals surface area contributed by atoms with Crippen molar-refractivity contribution in [2.75, 3.05) is 30.5 Å². The average Bonchev–Trinajstić information content (AvgIpc) is 2.98. The maximum absolute atomic E-state index is 4.94. The summed E-state index contributed by atoms with van der Waals surface area (Å²) < 4.78 is 0. The first kappa shape index (κ1) is 18.6. The Kier molecular flexibility index (Phi) is 6.09. The Morgan fingerprint density at radius 1 is 1.04 bits per heavy atom. The van der Waals surface area contributed by atoms with Gasteiger partial charge in [0.15, 0.2) is 0 Å². The normalized spacial score (nSPS) is 19.6. The van der Waals surface area contributed by atoms with E-state index in [1.54, 1.807) is 0 Å². The van der Waals surface area contributed by atoms with Gasteiger partial charge in [0, 0.05) is 31.9 Å². The van der Waals surface area contributed by atoms with Crippen LogP contribution in [-0.2, 0) is 0 Å². The minimum Gasteiger partial charge on any atom is -0.357 e. The van der Waals surface area contributed by atoms with E-state index in [2.05, 4.69) is 65.4 Å². The SMILES string of the molecule is CC(C)C.CN1Nc2ncccc2C1c1cccc(N2CCCCC2)n1. The summed E-state index contributed by atoms with van der Waals surface area (Å²) in [6.07, 6.45) is 5.69. The van der Waals surface area contributed by atoms with Gasteiger partial charge in [0.05, 0.1) is 11.7 Å². The molecule has 1 unspecified atom stereocenters. The Morgan fingerprint density at radius 3 is 2.50 bits per heavy atom. The van der Waals surface area contributed by atoms with E-state index in [9.17, 15) is 0 Å². The Morgan fingerprint density at radius 2 is 1.77 bits per heavy atom. The van der Waals surface area contributed by atoms with Crippen LogP contribution in [0.4, 0.5) is 11.6 Å². The molecule has 0 amide bonds. The number of pyridine rings is 2. The first-order chi connectivity index (χ1) is 12.6. The van der Waals surface area contributed by atoms with Crippen molar-refractivity contribution in [1.29, 1.82) is 0 Å². The molecule has 4 rings (SSSR count). The molecular weight excluding hydrogens is 322 g/mol. The van der Waals surface area contributed by atoms with Crippen molar-refractivity contribution in [2.24, 2.45) is 5.92 Å². The number of aromatic nitrogens is 2. The predicted molar refractivity (Wildman–Crippen MR) is 108 cm³/mol. The number of piperidine rings is 1. The molecule has 5 heteroatoms. The quantitative estimate of drug-likeness (QED) is 0.862. The predicted octanol–water partition coefficient (Wildman–Crippen LogP) is 4.49. The van der Waals surface area contributed by atoms with Crippen LogP contribution in [0.5, 0.6) is 0 Å². The zero-order valence-corrected chi connectivity index (χ0v) is 16.4. The zero-order valence-electron chi connectivity index (χ0n) is 16.4. The summed E-state index contributed by atoms with van der Waals surface area (Å²) in [5.74, 6) is 2.86. The summed E-state index contributed by atoms with van der Waals surface area (Å²) in [6.45, 7) is 8.74. The van der Waals surface area contributed by atoms with E-state index in [1.807, 2.05) is 19.3 Å². The Bertz CT molecular complexity index is 706. The highest BCUT2D eigenvalue weighted by molar-refractivity contribution is 5.53. The number of nitrogens with one attached hydrogen (secondary N) is 1. The lowest BCUT2D eigenvalue weighted by Gasteiger charge is -2.28. The fourth-order valence-corrected chi connectivity index (χ4v) is 3.42. The van der Waals surface area contributed by atoms with Crippen molar-refractivity contribution in [2.45, 2.75) is 46.1 Å². The Balaban J connectivity index is 0.000000447. The molecule has 2 aromatic rings. The van der Waals surface area contributed by atoms with E-state index < -0.39 is 0 Å². The van der Waals surface area contributed by atoms with Crippen molar-refractivity contribution in [3.8, 4) is 0 Å². The second-order valence-corrected chi connectivity index (χ2v) is 7.77. The Hall–Kier alpha value is -2.14. The van der Waals surface area contributed by atoms with Gasteiger partial charge in [0.25, 0.3) is 0 Å². The van der Waals surface area contributed by atoms with E-state index >= 15 is 0 Å². The molecule has 1 fully saturated rings. The molecule has 1 N–H and O–H groups in total. The van der Waals surface area contributed by atoms with E-state index in [0.29, 0.717) is 0 Å². The van der Waals surface area contributed by atoms with Gasteiger partial charge in [-0.1, -0.05) is 32.9 Å². The van der Waals surface area contributed by atoms with Crippen LogP contribution in [0.25, 0.3) is 0 Å². The van der Waals surface area contributed by atoms with E-state index in [1.165, 1.54) is 24.8 Å². The number of hydrogen-bond donors (Lipinski definition) is 1. The van der Waals surface area contributed by atoms with Crippen molar-refractivity contribution < 1.29 is 0 Å². The lowest BCUT2D eigenvalue weighted by molar-refractivity contribution is 0.356. The van der Waals surface area contributed by atoms with Crippen molar-refractivity contribution in [3.63, 3.8) is 0 Å². The maximum atomic E-state index is 4.94. The van der Waals surface area contributed by atoms with Crippen molar-refractivity contribution >= 4 is 11.6 Å². The number of hydrazine groups is 1. The number of hydrogen-bond acceptors (Lipinski definition) is 5. The summed E-state index contributed by atoms with van der Waals surface area (Å²) in [5.41, 5.74) is 5.58. The van der Waals surface area contributed by atoms with Gasteiger partial charge in [-0.25, -0.2) is 15.0 Å². The Labute approximate surface area is 157 Å². The molecule has 0 spiro atoms. The molecule has 1 saturated heterocycles. The molecule has 2 aromatic heterocycles. The molecule has 4 heterocycles. The van der Waals surface area contributed by atoms with E-state index in [0.717, 1.165) is 36.3 Å². The van der Waals surface area contributed by atoms with Gasteiger partial charge in [-0.15, -0.1) is 0 Å². The number of anilines is 2. The number of nitrogens with zero attached hydrogens (tertiary/aromatic N) is 4. The van der Waals surface area contributed by atoms with E-state index in [-0.39, 0.29) is 6.04 Å². The highest BCUT2D eigenvalue weighted by atomic mass is 15.5. The van der Waals surface area contributed by atoms with Gasteiger partial charge in [-0.3, -0.25) is 0 Å². The van der Waals surface area contributed by atoms with Crippen LogP contribution >= 0.6 is 0 Å². The molecule has 0 saturated carbocycles. The summed E-state index contributed by atoms with van der Waals surface area (Å²) in [4.78, 5) is 11.8. The fraction of sp³-hybridized carbons (Fsp3) is 0.524. The average molecular weight is 354 g/mol. The lowest BCUT2D eigenvalue weighted by Crippen LogP contribution is -2.31. The van der Waals surface area contributed by atoms with Crippen LogP contribution in [0.1, 0.15) is 57.3 Å². The smallest absolute Gasteiger partial charge is 0.145 e. The van der Waals surface area contributed by atoms with Gasteiger partial charge in [0.1, 0.15) is 11.6 Å². The molecule has 0 aromatic carbocycles. The molecule has 2 aliphatic rings. The van der Waals surface area contributed by atoms with E-state index in [4.69, 9.17) is 4.98 Å². The van der Waals surface area contributed by atoms with Crippen molar-refractivity contribution in [1.82, 2.24) is 15.0 Å². The third kappa shape index (κ3) is 4.33. The standard InChI is InChI=1S/C17H21N5.C4H10/c1-21-16(13-7-6-10-18-17(13)20-21)14-8-5-9-15(19-14)22-11-3-2-4-12-22;1-4(2)3/h5-10,16H,2-4,11-12H2,1H3,(H,18,20);4H,1-3H3. The highest BCUT2D eigenvalue weighted by Crippen LogP contribution is 2.36. The molecular formula is C21H31N5. The molecule has 1 atom stereocenters. The van der Waals surface area contributed by atoms with Crippen LogP contribution in [0.15, 0.2) is 36.5 Å². The van der Waals surface area contributed by atoms with Crippen LogP contribution in [0.2, 0.25) is 0 Å². The molecule has 2 aliphatic heterocycles. The summed E-state index contributed by atoms with van der Waals surface area (Å²) in [7, 11) is 2.04. The van der Waals surface area contributed by atoms with Crippen molar-refractivity contribution in [3.05, 3.63) is 47.8 Å². The van der Waals surface area contributed by atoms with Gasteiger partial charge >= 0.3 is 0 Å². The second kappa shape index (κ2) is 8.49. The number of rotatable bonds is 2. The van der Waals surface area contributed by atoms with Crippen LogP contribution in [0, 0.1) is 5.92 Å². The molecule has 26 heavy (non-hydrogen) atoms. The monoisotopic (exact) mass is 353 g/mol. The van der Waals surface area contributed by atoms with Crippen LogP contribution in [-0.4, -0.2) is 35.1 Å². The molecule has 0 aliphatic carbocycles. The van der Waals surface area contributed by atoms with Crippen LogP contribution < -0.4 is 10.3 Å². The fourth-order valence-electron chi connectivity index (χ4n) is 3.42. The lowest BCUT2D eigenvalue weighted by atomic mass is 10.1. The molecule has 5 nitrogen and oxygen atoms in total. The van der Waals surface area contributed by atoms with Crippen LogP contribution in [0.3, 0.4) is 0 Å². The third-order valence-corrected chi connectivity index (χ3v) is 4.52. The van der Waals surface area contributed by atoms with Gasteiger partial charge in [-0.05, 0) is 43.4 Å². The third-order valence-electron chi connectivity index (χ3n) is 4.52. The van der Waals surface area contributed by atoms with Gasteiger partial charge in [0.2, 0.25) is 0 Å². The first-order valence-electron chi connectivity index (χ1n) is 9.72. The summed E-state index contributed by atoms with van der Waals surface area (Å²) >= 11 is 0. The topological polar surface area (TPSA) is 44.3 Å². The minimum atomic E-state index is 0.119. The first-order valence-corrected chi connectivity index (χ1v) is 9.72. The minimum absolute atomic E-state index is 0.119. The largest absolute Gasteiger partial charge is 0.357 e. The molecule has 0 bridgehead atoms. The summed E-state index contributed by atoms with van der Waals surface area (Å²) in [6, 6.07) is 10.6. The summed E-state index contributed by atoms with van der Waals surface area (Å²) in [5, 5.41) is 2.08. The number of fused-ring (bicyclic) bond motifs is 1. The molecule has 140 valence electrons. The van der Waals surface area contributed by atoms with Gasteiger partial charge < -0.3 is 10.3 Å². The zero-order chi connectivity index (χ0) is 18.5. The highest BCUT2D eigenvalue weighted by Gasteiger charge is 2.30. The second-order valence-electron chi connectivity index (χ2n) is 7.77.